The van der Waals surface area contributed by atoms with E-state index in [1.54, 1.807) is 30.5 Å². The molecule has 4 rings (SSSR count). The number of halogens is 1. The van der Waals surface area contributed by atoms with Gasteiger partial charge in [-0.15, -0.1) is 0 Å². The van der Waals surface area contributed by atoms with Gasteiger partial charge < -0.3 is 16.4 Å². The van der Waals surface area contributed by atoms with Gasteiger partial charge in [0, 0.05) is 42.8 Å². The molecule has 1 aliphatic heterocycles. The molecule has 170 valence electrons. The van der Waals surface area contributed by atoms with E-state index in [2.05, 4.69) is 9.97 Å². The van der Waals surface area contributed by atoms with Crippen LogP contribution < -0.4 is 11.5 Å². The minimum Gasteiger partial charge on any atom is -0.368 e. The van der Waals surface area contributed by atoms with Crippen LogP contribution >= 0.6 is 0 Å². The average Bonchev–Trinajstić information content (AvgIpc) is 2.83. The van der Waals surface area contributed by atoms with Gasteiger partial charge in [-0.3, -0.25) is 9.59 Å². The summed E-state index contributed by atoms with van der Waals surface area (Å²) in [6.07, 6.45) is 4.36. The molecule has 0 saturated carbocycles. The Kier molecular flexibility index (Phi) is 6.63. The fraction of sp³-hybridized carbons (Fsp3) is 0.280. The molecule has 0 radical (unpaired) electrons. The Bertz CT molecular complexity index is 1150. The van der Waals surface area contributed by atoms with E-state index in [9.17, 15) is 14.0 Å². The summed E-state index contributed by atoms with van der Waals surface area (Å²) in [5, 5.41) is 0. The fourth-order valence-electron chi connectivity index (χ4n) is 4.24. The highest BCUT2D eigenvalue weighted by atomic mass is 19.1. The lowest BCUT2D eigenvalue weighted by Crippen LogP contribution is -2.39. The normalized spacial score (nSPS) is 15.9. The number of rotatable bonds is 6. The number of primary amides is 1. The first kappa shape index (κ1) is 22.4. The molecule has 3 aromatic rings. The third-order valence-corrected chi connectivity index (χ3v) is 6.02. The summed E-state index contributed by atoms with van der Waals surface area (Å²) in [6.45, 7) is 1.24. The molecule has 1 aliphatic rings. The number of nitrogens with zero attached hydrogens (tertiary/aromatic N) is 3. The molecule has 2 amide bonds. The second-order valence-electron chi connectivity index (χ2n) is 8.27. The lowest BCUT2D eigenvalue weighted by Gasteiger charge is -2.33. The predicted octanol–water partition coefficient (Wildman–Crippen LogP) is 3.30. The van der Waals surface area contributed by atoms with Gasteiger partial charge in [0.25, 0.3) is 0 Å². The number of piperidine rings is 1. The second kappa shape index (κ2) is 9.77. The highest BCUT2D eigenvalue weighted by Gasteiger charge is 2.28. The number of likely N-dealkylation sites (tertiary alicyclic amines) is 1. The van der Waals surface area contributed by atoms with Crippen LogP contribution in [0.25, 0.3) is 11.1 Å². The molecule has 8 heteroatoms. The zero-order chi connectivity index (χ0) is 23.4. The third kappa shape index (κ3) is 5.34. The van der Waals surface area contributed by atoms with Crippen LogP contribution in [0.5, 0.6) is 0 Å². The van der Waals surface area contributed by atoms with Crippen molar-refractivity contribution in [3.05, 3.63) is 77.4 Å². The van der Waals surface area contributed by atoms with E-state index < -0.39 is 5.91 Å². The van der Waals surface area contributed by atoms with Crippen LogP contribution in [-0.4, -0.2) is 39.8 Å². The summed E-state index contributed by atoms with van der Waals surface area (Å²) in [5.74, 6) is -0.504. The lowest BCUT2D eigenvalue weighted by molar-refractivity contribution is -0.132. The fourth-order valence-corrected chi connectivity index (χ4v) is 4.24. The van der Waals surface area contributed by atoms with Crippen LogP contribution in [0, 0.1) is 5.82 Å². The molecule has 1 saturated heterocycles. The van der Waals surface area contributed by atoms with Gasteiger partial charge in [0.05, 0.1) is 5.69 Å². The Morgan fingerprint density at radius 2 is 1.82 bits per heavy atom. The topological polar surface area (TPSA) is 115 Å². The van der Waals surface area contributed by atoms with Gasteiger partial charge in [0.1, 0.15) is 5.82 Å². The standard InChI is InChI=1S/C25H26FN5O2/c26-20-10-3-16(4-11-20)5-12-22(32)31-13-1-2-19(15-31)23-21(14-29-25(28)30-23)17-6-8-18(9-7-17)24(27)33/h3-4,6-11,14,19H,1-2,5,12-13,15H2,(H2,27,33)(H2,28,29,30)/t19-/m1/s1. The monoisotopic (exact) mass is 447 g/mol. The van der Waals surface area contributed by atoms with Crippen LogP contribution in [0.2, 0.25) is 0 Å². The molecular weight excluding hydrogens is 421 g/mol. The summed E-state index contributed by atoms with van der Waals surface area (Å²) >= 11 is 0. The summed E-state index contributed by atoms with van der Waals surface area (Å²) in [4.78, 5) is 34.8. The number of nitrogens with two attached hydrogens (primary N) is 2. The first-order valence-electron chi connectivity index (χ1n) is 11.0. The molecule has 7 nitrogen and oxygen atoms in total. The molecule has 33 heavy (non-hydrogen) atoms. The maximum Gasteiger partial charge on any atom is 0.248 e. The van der Waals surface area contributed by atoms with Gasteiger partial charge in [-0.2, -0.15) is 0 Å². The van der Waals surface area contributed by atoms with Crippen molar-refractivity contribution >= 4 is 17.8 Å². The summed E-state index contributed by atoms with van der Waals surface area (Å²) < 4.78 is 13.1. The number of benzene rings is 2. The molecule has 1 aromatic heterocycles. The van der Waals surface area contributed by atoms with Crippen molar-refractivity contribution in [2.24, 2.45) is 5.73 Å². The maximum atomic E-state index is 13.1. The molecule has 1 fully saturated rings. The number of amides is 2. The van der Waals surface area contributed by atoms with E-state index in [1.165, 1.54) is 12.1 Å². The minimum absolute atomic E-state index is 0.0182. The number of anilines is 1. The van der Waals surface area contributed by atoms with Gasteiger partial charge in [-0.25, -0.2) is 14.4 Å². The van der Waals surface area contributed by atoms with Gasteiger partial charge in [0.2, 0.25) is 17.8 Å². The van der Waals surface area contributed by atoms with Crippen molar-refractivity contribution in [1.82, 2.24) is 14.9 Å². The lowest BCUT2D eigenvalue weighted by atomic mass is 9.89. The third-order valence-electron chi connectivity index (χ3n) is 6.02. The van der Waals surface area contributed by atoms with Crippen LogP contribution in [0.3, 0.4) is 0 Å². The number of nitrogen functional groups attached to an aromatic ring is 1. The molecule has 0 unspecified atom stereocenters. The van der Waals surface area contributed by atoms with E-state index in [0.717, 1.165) is 35.2 Å². The summed E-state index contributed by atoms with van der Waals surface area (Å²) in [5.41, 5.74) is 15.1. The highest BCUT2D eigenvalue weighted by Crippen LogP contribution is 2.33. The predicted molar refractivity (Wildman–Crippen MR) is 124 cm³/mol. The maximum absolute atomic E-state index is 13.1. The molecule has 0 aliphatic carbocycles. The van der Waals surface area contributed by atoms with Crippen molar-refractivity contribution < 1.29 is 14.0 Å². The van der Waals surface area contributed by atoms with Gasteiger partial charge >= 0.3 is 0 Å². The number of carbonyl (C=O) groups excluding carboxylic acids is 2. The highest BCUT2D eigenvalue weighted by molar-refractivity contribution is 5.93. The van der Waals surface area contributed by atoms with Crippen molar-refractivity contribution in [2.45, 2.75) is 31.6 Å². The zero-order valence-corrected chi connectivity index (χ0v) is 18.2. The van der Waals surface area contributed by atoms with Crippen molar-refractivity contribution in [1.29, 1.82) is 0 Å². The van der Waals surface area contributed by atoms with E-state index in [4.69, 9.17) is 11.5 Å². The molecule has 2 heterocycles. The Balaban J connectivity index is 1.50. The molecule has 0 spiro atoms. The Morgan fingerprint density at radius 1 is 1.09 bits per heavy atom. The van der Waals surface area contributed by atoms with Gasteiger partial charge in [-0.1, -0.05) is 24.3 Å². The molecule has 1 atom stereocenters. The number of aryl methyl sites for hydroxylation is 1. The minimum atomic E-state index is -0.489. The number of aromatic nitrogens is 2. The van der Waals surface area contributed by atoms with Crippen molar-refractivity contribution in [3.63, 3.8) is 0 Å². The average molecular weight is 448 g/mol. The Hall–Kier alpha value is -3.81. The van der Waals surface area contributed by atoms with Gasteiger partial charge in [-0.05, 0) is 54.7 Å². The number of carbonyl (C=O) groups is 2. The molecule has 4 N–H and O–H groups in total. The Morgan fingerprint density at radius 3 is 2.52 bits per heavy atom. The van der Waals surface area contributed by atoms with E-state index in [-0.39, 0.29) is 23.6 Å². The van der Waals surface area contributed by atoms with Crippen molar-refractivity contribution in [3.8, 4) is 11.1 Å². The van der Waals surface area contributed by atoms with Crippen LogP contribution in [0.4, 0.5) is 10.3 Å². The molecule has 2 aromatic carbocycles. The van der Waals surface area contributed by atoms with Gasteiger partial charge in [0.15, 0.2) is 0 Å². The molecule has 0 bridgehead atoms. The second-order valence-corrected chi connectivity index (χ2v) is 8.27. The summed E-state index contributed by atoms with van der Waals surface area (Å²) in [6, 6.07) is 13.2. The van der Waals surface area contributed by atoms with E-state index in [0.29, 0.717) is 31.5 Å². The van der Waals surface area contributed by atoms with E-state index in [1.807, 2.05) is 17.0 Å². The van der Waals surface area contributed by atoms with Crippen LogP contribution in [0.15, 0.2) is 54.7 Å². The van der Waals surface area contributed by atoms with Crippen molar-refractivity contribution in [2.75, 3.05) is 18.8 Å². The smallest absolute Gasteiger partial charge is 0.248 e. The summed E-state index contributed by atoms with van der Waals surface area (Å²) in [7, 11) is 0. The van der Waals surface area contributed by atoms with E-state index >= 15 is 0 Å². The largest absolute Gasteiger partial charge is 0.368 e. The Labute approximate surface area is 191 Å². The number of hydrogen-bond acceptors (Lipinski definition) is 5. The van der Waals surface area contributed by atoms with Crippen LogP contribution in [-0.2, 0) is 11.2 Å². The quantitative estimate of drug-likeness (QED) is 0.602. The number of hydrogen-bond donors (Lipinski definition) is 2. The first-order valence-corrected chi connectivity index (χ1v) is 11.0. The zero-order valence-electron chi connectivity index (χ0n) is 18.2. The molecular formula is C25H26FN5O2. The SMILES string of the molecule is NC(=O)c1ccc(-c2cnc(N)nc2[C@@H]2CCCN(C(=O)CCc3ccc(F)cc3)C2)cc1. The first-order chi connectivity index (χ1) is 15.9. The van der Waals surface area contributed by atoms with Crippen LogP contribution in [0.1, 0.15) is 46.8 Å².